The Morgan fingerprint density at radius 2 is 1.74 bits per heavy atom. The van der Waals surface area contributed by atoms with Crippen LogP contribution in [0.1, 0.15) is 43.0 Å². The van der Waals surface area contributed by atoms with Crippen LogP contribution in [-0.2, 0) is 20.7 Å². The number of methoxy groups -OCH3 is 2. The topological polar surface area (TPSA) is 77.4 Å². The first kappa shape index (κ1) is 20.9. The summed E-state index contributed by atoms with van der Waals surface area (Å²) in [5.74, 6) is 0.680. The first-order chi connectivity index (χ1) is 14.9. The van der Waals surface area contributed by atoms with E-state index in [0.717, 1.165) is 41.2 Å². The van der Waals surface area contributed by atoms with Crippen LogP contribution in [0.3, 0.4) is 0 Å². The van der Waals surface area contributed by atoms with Crippen LogP contribution in [0.2, 0.25) is 0 Å². The first-order valence-corrected chi connectivity index (χ1v) is 10.3. The molecule has 0 bridgehead atoms. The van der Waals surface area contributed by atoms with Gasteiger partial charge in [0.25, 0.3) is 5.91 Å². The number of rotatable bonds is 5. The monoisotopic (exact) mass is 422 g/mol. The standard InChI is InChI=1S/C24H26N2O5/c1-14(31-15(2)27)24(28)26-23(17-6-9-18(29-3)10-7-17)20-12-8-16-5-11-19(30-4)13-21(16)22(20)25-26/h5-7,9-11,13-14,20,23H,8,12H2,1-4H3/t14-,20-,23-/m0/s1. The number of aryl methyl sites for hydroxylation is 1. The van der Waals surface area contributed by atoms with Gasteiger partial charge in [0, 0.05) is 18.4 Å². The van der Waals surface area contributed by atoms with Gasteiger partial charge in [-0.25, -0.2) is 5.01 Å². The highest BCUT2D eigenvalue weighted by Gasteiger charge is 2.45. The van der Waals surface area contributed by atoms with Gasteiger partial charge < -0.3 is 14.2 Å². The van der Waals surface area contributed by atoms with E-state index in [0.29, 0.717) is 0 Å². The van der Waals surface area contributed by atoms with Gasteiger partial charge in [-0.3, -0.25) is 9.59 Å². The van der Waals surface area contributed by atoms with E-state index < -0.39 is 12.1 Å². The first-order valence-electron chi connectivity index (χ1n) is 10.3. The van der Waals surface area contributed by atoms with Gasteiger partial charge in [-0.2, -0.15) is 5.10 Å². The second kappa shape index (κ2) is 8.41. The van der Waals surface area contributed by atoms with Crippen LogP contribution in [0.25, 0.3) is 0 Å². The smallest absolute Gasteiger partial charge is 0.303 e. The molecule has 2 aromatic carbocycles. The van der Waals surface area contributed by atoms with Crippen molar-refractivity contribution in [2.45, 2.75) is 38.8 Å². The zero-order valence-corrected chi connectivity index (χ0v) is 18.1. The van der Waals surface area contributed by atoms with Crippen molar-refractivity contribution in [2.75, 3.05) is 14.2 Å². The van der Waals surface area contributed by atoms with Crippen molar-refractivity contribution in [2.24, 2.45) is 11.0 Å². The van der Waals surface area contributed by atoms with E-state index in [-0.39, 0.29) is 17.9 Å². The number of hydrazone groups is 1. The fraction of sp³-hybridized carbons (Fsp3) is 0.375. The van der Waals surface area contributed by atoms with Crippen LogP contribution in [0.15, 0.2) is 47.6 Å². The van der Waals surface area contributed by atoms with E-state index in [4.69, 9.17) is 19.3 Å². The van der Waals surface area contributed by atoms with Gasteiger partial charge in [0.1, 0.15) is 11.5 Å². The van der Waals surface area contributed by atoms with Crippen molar-refractivity contribution in [1.82, 2.24) is 5.01 Å². The van der Waals surface area contributed by atoms with E-state index in [1.54, 1.807) is 21.1 Å². The number of carbonyl (C=O) groups is 2. The third-order valence-corrected chi connectivity index (χ3v) is 5.90. The van der Waals surface area contributed by atoms with Crippen molar-refractivity contribution in [3.8, 4) is 11.5 Å². The molecular formula is C24H26N2O5. The lowest BCUT2D eigenvalue weighted by Crippen LogP contribution is -2.38. The number of benzene rings is 2. The molecule has 2 aromatic rings. The van der Waals surface area contributed by atoms with Gasteiger partial charge in [0.15, 0.2) is 6.10 Å². The number of fused-ring (bicyclic) bond motifs is 3. The summed E-state index contributed by atoms with van der Waals surface area (Å²) in [6.07, 6.45) is 0.824. The molecule has 0 fully saturated rings. The molecule has 0 saturated carbocycles. The summed E-state index contributed by atoms with van der Waals surface area (Å²) >= 11 is 0. The minimum absolute atomic E-state index is 0.0291. The SMILES string of the molecule is COc1ccc([C@H]2[C@H]3CCc4ccc(OC)cc4C3=NN2C(=O)[C@H](C)OC(C)=O)cc1. The average molecular weight is 422 g/mol. The van der Waals surface area contributed by atoms with Crippen LogP contribution in [0.4, 0.5) is 0 Å². The molecule has 3 atom stereocenters. The van der Waals surface area contributed by atoms with Crippen molar-refractivity contribution in [3.63, 3.8) is 0 Å². The van der Waals surface area contributed by atoms with Crippen molar-refractivity contribution in [1.29, 1.82) is 0 Å². The molecule has 1 amide bonds. The molecule has 4 rings (SSSR count). The number of nitrogens with zero attached hydrogens (tertiary/aromatic N) is 2. The molecule has 2 aliphatic rings. The predicted octanol–water partition coefficient (Wildman–Crippen LogP) is 3.51. The van der Waals surface area contributed by atoms with Gasteiger partial charge in [0.05, 0.1) is 26.0 Å². The van der Waals surface area contributed by atoms with E-state index in [9.17, 15) is 9.59 Å². The zero-order valence-electron chi connectivity index (χ0n) is 18.1. The van der Waals surface area contributed by atoms with Crippen molar-refractivity contribution >= 4 is 17.6 Å². The van der Waals surface area contributed by atoms with Gasteiger partial charge in [0.2, 0.25) is 0 Å². The maximum Gasteiger partial charge on any atom is 0.303 e. The molecule has 0 unspecified atom stereocenters. The summed E-state index contributed by atoms with van der Waals surface area (Å²) in [6, 6.07) is 13.4. The molecule has 1 aliphatic heterocycles. The summed E-state index contributed by atoms with van der Waals surface area (Å²) in [4.78, 5) is 24.7. The van der Waals surface area contributed by atoms with Crippen molar-refractivity contribution < 1.29 is 23.8 Å². The zero-order chi connectivity index (χ0) is 22.1. The lowest BCUT2D eigenvalue weighted by atomic mass is 9.77. The predicted molar refractivity (Wildman–Crippen MR) is 115 cm³/mol. The molecule has 162 valence electrons. The summed E-state index contributed by atoms with van der Waals surface area (Å²) in [6.45, 7) is 2.87. The molecule has 31 heavy (non-hydrogen) atoms. The average Bonchev–Trinajstić information content (AvgIpc) is 3.17. The molecule has 0 radical (unpaired) electrons. The fourth-order valence-corrected chi connectivity index (χ4v) is 4.42. The van der Waals surface area contributed by atoms with E-state index in [1.807, 2.05) is 36.4 Å². The van der Waals surface area contributed by atoms with Gasteiger partial charge in [-0.1, -0.05) is 18.2 Å². The highest BCUT2D eigenvalue weighted by atomic mass is 16.5. The normalized spacial score (nSPS) is 20.3. The molecular weight excluding hydrogens is 396 g/mol. The molecule has 0 spiro atoms. The number of hydrogen-bond donors (Lipinski definition) is 0. The third kappa shape index (κ3) is 3.87. The van der Waals surface area contributed by atoms with Crippen LogP contribution < -0.4 is 9.47 Å². The number of ether oxygens (including phenoxy) is 3. The Morgan fingerprint density at radius 1 is 1.06 bits per heavy atom. The van der Waals surface area contributed by atoms with Gasteiger partial charge in [-0.15, -0.1) is 0 Å². The second-order valence-electron chi connectivity index (χ2n) is 7.81. The van der Waals surface area contributed by atoms with Gasteiger partial charge >= 0.3 is 5.97 Å². The Bertz CT molecular complexity index is 1030. The van der Waals surface area contributed by atoms with Crippen LogP contribution in [0.5, 0.6) is 11.5 Å². The number of carbonyl (C=O) groups excluding carboxylic acids is 2. The molecule has 7 nitrogen and oxygen atoms in total. The highest BCUT2D eigenvalue weighted by Crippen LogP contribution is 2.44. The van der Waals surface area contributed by atoms with Crippen LogP contribution >= 0.6 is 0 Å². The fourth-order valence-electron chi connectivity index (χ4n) is 4.42. The van der Waals surface area contributed by atoms with E-state index >= 15 is 0 Å². The molecule has 0 saturated heterocycles. The molecule has 1 heterocycles. The van der Waals surface area contributed by atoms with E-state index in [2.05, 4.69) is 6.07 Å². The summed E-state index contributed by atoms with van der Waals surface area (Å²) < 4.78 is 15.9. The minimum atomic E-state index is -0.924. The van der Waals surface area contributed by atoms with Crippen molar-refractivity contribution in [3.05, 3.63) is 59.2 Å². The Labute approximate surface area is 181 Å². The highest BCUT2D eigenvalue weighted by molar-refractivity contribution is 6.07. The Kier molecular flexibility index (Phi) is 5.67. The maximum absolute atomic E-state index is 13.3. The molecule has 0 aromatic heterocycles. The number of amides is 1. The quantitative estimate of drug-likeness (QED) is 0.689. The Morgan fingerprint density at radius 3 is 2.39 bits per heavy atom. The van der Waals surface area contributed by atoms with Crippen LogP contribution in [-0.4, -0.2) is 42.9 Å². The number of esters is 1. The van der Waals surface area contributed by atoms with Crippen LogP contribution in [0, 0.1) is 5.92 Å². The minimum Gasteiger partial charge on any atom is -0.497 e. The summed E-state index contributed by atoms with van der Waals surface area (Å²) in [7, 11) is 3.25. The lowest BCUT2D eigenvalue weighted by molar-refractivity contribution is -0.158. The largest absolute Gasteiger partial charge is 0.497 e. The Balaban J connectivity index is 1.77. The molecule has 0 N–H and O–H groups in total. The number of hydrogen-bond acceptors (Lipinski definition) is 6. The maximum atomic E-state index is 13.3. The summed E-state index contributed by atoms with van der Waals surface area (Å²) in [5.41, 5.74) is 4.01. The second-order valence-corrected chi connectivity index (χ2v) is 7.81. The molecule has 1 aliphatic carbocycles. The Hall–Kier alpha value is -3.35. The van der Waals surface area contributed by atoms with E-state index in [1.165, 1.54) is 17.5 Å². The van der Waals surface area contributed by atoms with Gasteiger partial charge in [-0.05, 0) is 55.2 Å². The molecule has 7 heteroatoms. The third-order valence-electron chi connectivity index (χ3n) is 5.90. The summed E-state index contributed by atoms with van der Waals surface area (Å²) in [5, 5.41) is 6.27. The lowest BCUT2D eigenvalue weighted by Gasteiger charge is -2.30.